The van der Waals surface area contributed by atoms with Crippen LogP contribution in [0.25, 0.3) is 0 Å². The minimum Gasteiger partial charge on any atom is -0.480 e. The molecule has 2 aromatic carbocycles. The number of ether oxygens (including phenoxy) is 2. The number of esters is 1. The van der Waals surface area contributed by atoms with Crippen molar-refractivity contribution in [3.05, 3.63) is 65.7 Å². The van der Waals surface area contributed by atoms with Gasteiger partial charge < -0.3 is 36.3 Å². The normalized spacial score (nSPS) is 11.9. The first-order valence-corrected chi connectivity index (χ1v) is 12.9. The van der Waals surface area contributed by atoms with Gasteiger partial charge in [0.05, 0.1) is 0 Å². The van der Waals surface area contributed by atoms with Crippen LogP contribution in [0.5, 0.6) is 5.75 Å². The highest BCUT2D eigenvalue weighted by molar-refractivity contribution is 5.84. The molecule has 0 unspecified atom stereocenters. The van der Waals surface area contributed by atoms with Gasteiger partial charge in [-0.3, -0.25) is 9.59 Å². The predicted octanol–water partition coefficient (Wildman–Crippen LogP) is 1.65. The fraction of sp³-hybridized carbons (Fsp3) is 0.393. The van der Waals surface area contributed by atoms with Crippen LogP contribution < -0.4 is 26.4 Å². The van der Waals surface area contributed by atoms with Crippen molar-refractivity contribution in [3.8, 4) is 5.75 Å². The van der Waals surface area contributed by atoms with E-state index >= 15 is 0 Å². The number of benzene rings is 2. The summed E-state index contributed by atoms with van der Waals surface area (Å²) < 4.78 is 10.4. The summed E-state index contributed by atoms with van der Waals surface area (Å²) in [6.45, 7) is 2.24. The number of amides is 3. The standard InChI is InChI=1S/C28H36N4O8/c1-19(31-28(38)39-18-21-7-3-2-4-8-21)27(37)40-22-13-11-20(12-14-22)17-23(26(35)36)32-25(34)10-6-16-30-24(33)9-5-15-29/h2-4,7-8,11-14,19,23H,5-6,9-10,15-18,29H2,1H3,(H,30,33)(H,31,38)(H,32,34)(H,35,36)/t19-,23-/m0/s1. The van der Waals surface area contributed by atoms with Crippen LogP contribution in [0.15, 0.2) is 54.6 Å². The highest BCUT2D eigenvalue weighted by atomic mass is 16.6. The molecule has 0 heterocycles. The van der Waals surface area contributed by atoms with Crippen molar-refractivity contribution in [2.45, 2.75) is 57.7 Å². The van der Waals surface area contributed by atoms with E-state index in [2.05, 4.69) is 16.0 Å². The van der Waals surface area contributed by atoms with E-state index in [1.54, 1.807) is 24.3 Å². The van der Waals surface area contributed by atoms with Crippen molar-refractivity contribution < 1.29 is 38.6 Å². The smallest absolute Gasteiger partial charge is 0.408 e. The molecule has 0 saturated heterocycles. The summed E-state index contributed by atoms with van der Waals surface area (Å²) in [4.78, 5) is 59.7. The molecular weight excluding hydrogens is 520 g/mol. The Labute approximate surface area is 232 Å². The molecule has 0 fully saturated rings. The maximum atomic E-state index is 12.3. The van der Waals surface area contributed by atoms with Crippen molar-refractivity contribution in [1.29, 1.82) is 0 Å². The number of carbonyl (C=O) groups excluding carboxylic acids is 4. The van der Waals surface area contributed by atoms with Crippen molar-refractivity contribution in [3.63, 3.8) is 0 Å². The van der Waals surface area contributed by atoms with E-state index in [1.165, 1.54) is 19.1 Å². The lowest BCUT2D eigenvalue weighted by Gasteiger charge is -2.16. The van der Waals surface area contributed by atoms with Crippen LogP contribution in [-0.4, -0.2) is 60.1 Å². The van der Waals surface area contributed by atoms with Crippen LogP contribution in [0.4, 0.5) is 4.79 Å². The summed E-state index contributed by atoms with van der Waals surface area (Å²) in [5.74, 6) is -2.30. The molecule has 0 aromatic heterocycles. The Morgan fingerprint density at radius 1 is 0.875 bits per heavy atom. The molecule has 0 aliphatic rings. The van der Waals surface area contributed by atoms with Gasteiger partial charge in [-0.2, -0.15) is 0 Å². The molecule has 2 rings (SSSR count). The third-order valence-electron chi connectivity index (χ3n) is 5.63. The number of aliphatic carboxylic acids is 1. The Hall–Kier alpha value is -4.45. The number of alkyl carbamates (subject to hydrolysis) is 1. The van der Waals surface area contributed by atoms with E-state index in [0.29, 0.717) is 37.9 Å². The first-order chi connectivity index (χ1) is 19.2. The summed E-state index contributed by atoms with van der Waals surface area (Å²) in [5, 5.41) is 17.1. The summed E-state index contributed by atoms with van der Waals surface area (Å²) in [7, 11) is 0. The SMILES string of the molecule is C[C@H](NC(=O)OCc1ccccc1)C(=O)Oc1ccc(C[C@H](NC(=O)CCCNC(=O)CCCN)C(=O)O)cc1. The quantitative estimate of drug-likeness (QED) is 0.116. The summed E-state index contributed by atoms with van der Waals surface area (Å²) in [6.07, 6.45) is 0.570. The molecule has 12 nitrogen and oxygen atoms in total. The van der Waals surface area contributed by atoms with Crippen LogP contribution in [0.1, 0.15) is 43.7 Å². The fourth-order valence-corrected chi connectivity index (χ4v) is 3.43. The third-order valence-corrected chi connectivity index (χ3v) is 5.63. The van der Waals surface area contributed by atoms with Gasteiger partial charge in [-0.15, -0.1) is 0 Å². The maximum absolute atomic E-state index is 12.3. The molecule has 0 spiro atoms. The Morgan fingerprint density at radius 3 is 2.20 bits per heavy atom. The Bertz CT molecular complexity index is 1120. The second-order valence-electron chi connectivity index (χ2n) is 9.00. The molecule has 0 aliphatic heterocycles. The van der Waals surface area contributed by atoms with E-state index in [1.807, 2.05) is 18.2 Å². The minimum absolute atomic E-state index is 0.0103. The second-order valence-corrected chi connectivity index (χ2v) is 9.00. The van der Waals surface area contributed by atoms with Gasteiger partial charge in [0, 0.05) is 25.8 Å². The summed E-state index contributed by atoms with van der Waals surface area (Å²) in [5.41, 5.74) is 6.75. The van der Waals surface area contributed by atoms with Gasteiger partial charge in [0.15, 0.2) is 0 Å². The zero-order valence-electron chi connectivity index (χ0n) is 22.4. The zero-order chi connectivity index (χ0) is 29.3. The minimum atomic E-state index is -1.20. The molecule has 0 saturated carbocycles. The van der Waals surface area contributed by atoms with Crippen molar-refractivity contribution >= 4 is 29.8 Å². The molecule has 0 bridgehead atoms. The number of carbonyl (C=O) groups is 5. The van der Waals surface area contributed by atoms with Gasteiger partial charge in [-0.05, 0) is 49.6 Å². The molecule has 2 atom stereocenters. The van der Waals surface area contributed by atoms with Gasteiger partial charge in [0.2, 0.25) is 11.8 Å². The van der Waals surface area contributed by atoms with Crippen molar-refractivity contribution in [2.24, 2.45) is 5.73 Å². The number of hydrogen-bond acceptors (Lipinski definition) is 8. The van der Waals surface area contributed by atoms with E-state index < -0.39 is 36.0 Å². The lowest BCUT2D eigenvalue weighted by atomic mass is 10.1. The van der Waals surface area contributed by atoms with Crippen LogP contribution in [0.3, 0.4) is 0 Å². The van der Waals surface area contributed by atoms with Crippen LogP contribution in [0.2, 0.25) is 0 Å². The molecule has 40 heavy (non-hydrogen) atoms. The highest BCUT2D eigenvalue weighted by Crippen LogP contribution is 2.15. The number of nitrogens with one attached hydrogen (secondary N) is 3. The monoisotopic (exact) mass is 556 g/mol. The van der Waals surface area contributed by atoms with E-state index in [-0.39, 0.29) is 31.1 Å². The number of carboxylic acid groups (broad SMARTS) is 1. The van der Waals surface area contributed by atoms with Gasteiger partial charge in [0.1, 0.15) is 24.4 Å². The Morgan fingerprint density at radius 2 is 1.55 bits per heavy atom. The number of rotatable bonds is 16. The average molecular weight is 557 g/mol. The molecule has 2 aromatic rings. The van der Waals surface area contributed by atoms with Gasteiger partial charge >= 0.3 is 18.0 Å². The molecule has 0 radical (unpaired) electrons. The van der Waals surface area contributed by atoms with Crippen LogP contribution in [0, 0.1) is 0 Å². The number of carboxylic acids is 1. The van der Waals surface area contributed by atoms with Crippen LogP contribution >= 0.6 is 0 Å². The fourth-order valence-electron chi connectivity index (χ4n) is 3.43. The largest absolute Gasteiger partial charge is 0.480 e. The lowest BCUT2D eigenvalue weighted by Crippen LogP contribution is -2.42. The zero-order valence-corrected chi connectivity index (χ0v) is 22.4. The summed E-state index contributed by atoms with van der Waals surface area (Å²) in [6, 6.07) is 13.1. The molecule has 6 N–H and O–H groups in total. The van der Waals surface area contributed by atoms with Gasteiger partial charge in [-0.1, -0.05) is 42.5 Å². The van der Waals surface area contributed by atoms with Gasteiger partial charge in [0.25, 0.3) is 0 Å². The number of hydrogen-bond donors (Lipinski definition) is 5. The second kappa shape index (κ2) is 17.2. The first kappa shape index (κ1) is 31.8. The molecule has 216 valence electrons. The predicted molar refractivity (Wildman–Crippen MR) is 145 cm³/mol. The van der Waals surface area contributed by atoms with E-state index in [9.17, 15) is 29.1 Å². The Kier molecular flexibility index (Phi) is 13.7. The van der Waals surface area contributed by atoms with Crippen LogP contribution in [-0.2, 0) is 36.9 Å². The molecule has 3 amide bonds. The Balaban J connectivity index is 1.76. The van der Waals surface area contributed by atoms with Gasteiger partial charge in [-0.25, -0.2) is 14.4 Å². The first-order valence-electron chi connectivity index (χ1n) is 12.9. The van der Waals surface area contributed by atoms with E-state index in [0.717, 1.165) is 5.56 Å². The average Bonchev–Trinajstić information content (AvgIpc) is 2.94. The van der Waals surface area contributed by atoms with Crippen molar-refractivity contribution in [1.82, 2.24) is 16.0 Å². The number of nitrogens with two attached hydrogens (primary N) is 1. The van der Waals surface area contributed by atoms with Crippen molar-refractivity contribution in [2.75, 3.05) is 13.1 Å². The lowest BCUT2D eigenvalue weighted by molar-refractivity contribution is -0.141. The summed E-state index contributed by atoms with van der Waals surface area (Å²) >= 11 is 0. The van der Waals surface area contributed by atoms with E-state index in [4.69, 9.17) is 15.2 Å². The topological polar surface area (TPSA) is 186 Å². The molecule has 12 heteroatoms. The third kappa shape index (κ3) is 12.4. The molecular formula is C28H36N4O8. The molecule has 0 aliphatic carbocycles. The maximum Gasteiger partial charge on any atom is 0.408 e. The highest BCUT2D eigenvalue weighted by Gasteiger charge is 2.21.